The van der Waals surface area contributed by atoms with E-state index in [1.165, 1.54) is 0 Å². The number of fused-ring (bicyclic) bond motifs is 2. The molecule has 3 rings (SSSR count). The van der Waals surface area contributed by atoms with Gasteiger partial charge in [0.2, 0.25) is 0 Å². The van der Waals surface area contributed by atoms with Gasteiger partial charge in [0.15, 0.2) is 0 Å². The first kappa shape index (κ1) is 14.1. The highest BCUT2D eigenvalue weighted by Gasteiger charge is 2.26. The SMILES string of the molecule is CCC(O)CCNC1c2ccccc2Oc2ccccc21. The predicted molar refractivity (Wildman–Crippen MR) is 83.7 cm³/mol. The molecule has 0 aromatic heterocycles. The summed E-state index contributed by atoms with van der Waals surface area (Å²) in [5.41, 5.74) is 2.31. The minimum Gasteiger partial charge on any atom is -0.457 e. The van der Waals surface area contributed by atoms with Gasteiger partial charge < -0.3 is 15.2 Å². The summed E-state index contributed by atoms with van der Waals surface area (Å²) in [7, 11) is 0. The van der Waals surface area contributed by atoms with Gasteiger partial charge in [-0.05, 0) is 31.5 Å². The second-order valence-electron chi connectivity index (χ2n) is 5.42. The Morgan fingerprint density at radius 1 is 1.05 bits per heavy atom. The summed E-state index contributed by atoms with van der Waals surface area (Å²) in [6.45, 7) is 2.78. The fourth-order valence-electron chi connectivity index (χ4n) is 2.73. The fraction of sp³-hybridized carbons (Fsp3) is 0.333. The predicted octanol–water partition coefficient (Wildman–Crippen LogP) is 3.63. The van der Waals surface area contributed by atoms with Gasteiger partial charge in [-0.1, -0.05) is 43.3 Å². The number of nitrogens with one attached hydrogen (secondary N) is 1. The summed E-state index contributed by atoms with van der Waals surface area (Å²) in [5.74, 6) is 1.81. The number of benzene rings is 2. The molecule has 3 heteroatoms. The van der Waals surface area contributed by atoms with E-state index in [9.17, 15) is 5.11 Å². The summed E-state index contributed by atoms with van der Waals surface area (Å²) in [6, 6.07) is 16.4. The van der Waals surface area contributed by atoms with E-state index in [1.807, 2.05) is 43.3 Å². The lowest BCUT2D eigenvalue weighted by molar-refractivity contribution is 0.159. The zero-order chi connectivity index (χ0) is 14.7. The van der Waals surface area contributed by atoms with Gasteiger partial charge in [0, 0.05) is 11.1 Å². The minimum absolute atomic E-state index is 0.121. The first-order chi connectivity index (χ1) is 10.3. The Balaban J connectivity index is 1.84. The van der Waals surface area contributed by atoms with Gasteiger partial charge in [0.25, 0.3) is 0 Å². The molecule has 0 fully saturated rings. The van der Waals surface area contributed by atoms with E-state index in [-0.39, 0.29) is 12.1 Å². The van der Waals surface area contributed by atoms with E-state index >= 15 is 0 Å². The molecule has 0 amide bonds. The molecule has 0 aliphatic carbocycles. The molecule has 0 saturated carbocycles. The average molecular weight is 283 g/mol. The van der Waals surface area contributed by atoms with Crippen molar-refractivity contribution in [3.63, 3.8) is 0 Å². The standard InChI is InChI=1S/C18H21NO2/c1-2-13(20)11-12-19-18-14-7-3-5-9-16(14)21-17-10-6-4-8-15(17)18/h3-10,13,18-20H,2,11-12H2,1H3. The molecule has 0 bridgehead atoms. The third kappa shape index (κ3) is 2.94. The smallest absolute Gasteiger partial charge is 0.132 e. The largest absolute Gasteiger partial charge is 0.457 e. The number of aliphatic hydroxyl groups excluding tert-OH is 1. The first-order valence-corrected chi connectivity index (χ1v) is 7.56. The van der Waals surface area contributed by atoms with E-state index in [1.54, 1.807) is 0 Å². The number of rotatable bonds is 5. The molecule has 0 radical (unpaired) electrons. The Labute approximate surface area is 125 Å². The summed E-state index contributed by atoms with van der Waals surface area (Å²) in [6.07, 6.45) is 1.32. The Morgan fingerprint density at radius 3 is 2.19 bits per heavy atom. The van der Waals surface area contributed by atoms with E-state index in [0.29, 0.717) is 0 Å². The van der Waals surface area contributed by atoms with Gasteiger partial charge in [-0.2, -0.15) is 0 Å². The summed E-state index contributed by atoms with van der Waals surface area (Å²) in [4.78, 5) is 0. The quantitative estimate of drug-likeness (QED) is 0.880. The number of aliphatic hydroxyl groups is 1. The average Bonchev–Trinajstić information content (AvgIpc) is 2.54. The van der Waals surface area contributed by atoms with Crippen molar-refractivity contribution >= 4 is 0 Å². The van der Waals surface area contributed by atoms with Crippen LogP contribution in [0.2, 0.25) is 0 Å². The molecule has 3 nitrogen and oxygen atoms in total. The van der Waals surface area contributed by atoms with Crippen LogP contribution in [0.4, 0.5) is 0 Å². The maximum atomic E-state index is 9.71. The lowest BCUT2D eigenvalue weighted by Crippen LogP contribution is -2.28. The van der Waals surface area contributed by atoms with Gasteiger partial charge in [0.05, 0.1) is 12.1 Å². The van der Waals surface area contributed by atoms with E-state index in [0.717, 1.165) is 42.0 Å². The molecule has 2 aromatic carbocycles. The van der Waals surface area contributed by atoms with Crippen LogP contribution in [0, 0.1) is 0 Å². The summed E-state index contributed by atoms with van der Waals surface area (Å²) in [5, 5.41) is 13.3. The van der Waals surface area contributed by atoms with Gasteiger partial charge in [-0.25, -0.2) is 0 Å². The van der Waals surface area contributed by atoms with E-state index < -0.39 is 0 Å². The van der Waals surface area contributed by atoms with Crippen LogP contribution < -0.4 is 10.1 Å². The normalized spacial score (nSPS) is 15.0. The summed E-state index contributed by atoms with van der Waals surface area (Å²) >= 11 is 0. The molecule has 1 heterocycles. The second-order valence-corrected chi connectivity index (χ2v) is 5.42. The zero-order valence-corrected chi connectivity index (χ0v) is 12.3. The molecule has 1 aliphatic rings. The minimum atomic E-state index is -0.233. The molecule has 1 atom stereocenters. The van der Waals surface area contributed by atoms with Crippen molar-refractivity contribution < 1.29 is 9.84 Å². The van der Waals surface area contributed by atoms with Crippen molar-refractivity contribution in [1.29, 1.82) is 0 Å². The highest BCUT2D eigenvalue weighted by atomic mass is 16.5. The van der Waals surface area contributed by atoms with Crippen molar-refractivity contribution in [2.45, 2.75) is 31.9 Å². The Hall–Kier alpha value is -1.84. The third-order valence-corrected chi connectivity index (χ3v) is 3.98. The molecule has 21 heavy (non-hydrogen) atoms. The van der Waals surface area contributed by atoms with Crippen LogP contribution in [0.25, 0.3) is 0 Å². The Bertz CT molecular complexity index is 566. The van der Waals surface area contributed by atoms with Crippen molar-refractivity contribution in [3.05, 3.63) is 59.7 Å². The monoisotopic (exact) mass is 283 g/mol. The number of para-hydroxylation sites is 2. The van der Waals surface area contributed by atoms with Crippen molar-refractivity contribution in [2.24, 2.45) is 0 Å². The fourth-order valence-corrected chi connectivity index (χ4v) is 2.73. The van der Waals surface area contributed by atoms with Gasteiger partial charge in [-0.3, -0.25) is 0 Å². The first-order valence-electron chi connectivity index (χ1n) is 7.56. The van der Waals surface area contributed by atoms with Crippen LogP contribution in [0.1, 0.15) is 36.9 Å². The van der Waals surface area contributed by atoms with Crippen molar-refractivity contribution in [3.8, 4) is 11.5 Å². The maximum Gasteiger partial charge on any atom is 0.132 e. The maximum absolute atomic E-state index is 9.71. The third-order valence-electron chi connectivity index (χ3n) is 3.98. The van der Waals surface area contributed by atoms with Gasteiger partial charge in [0.1, 0.15) is 11.5 Å². The number of hydrogen-bond donors (Lipinski definition) is 2. The second kappa shape index (κ2) is 6.29. The zero-order valence-electron chi connectivity index (χ0n) is 12.3. The molecule has 2 N–H and O–H groups in total. The molecule has 0 spiro atoms. The van der Waals surface area contributed by atoms with Gasteiger partial charge >= 0.3 is 0 Å². The molecule has 110 valence electrons. The summed E-state index contributed by atoms with van der Waals surface area (Å²) < 4.78 is 5.97. The van der Waals surface area contributed by atoms with Crippen LogP contribution in [0.15, 0.2) is 48.5 Å². The molecule has 1 unspecified atom stereocenters. The van der Waals surface area contributed by atoms with Crippen LogP contribution >= 0.6 is 0 Å². The Morgan fingerprint density at radius 2 is 1.62 bits per heavy atom. The van der Waals surface area contributed by atoms with Crippen molar-refractivity contribution in [1.82, 2.24) is 5.32 Å². The molecule has 1 aliphatic heterocycles. The molecular formula is C18H21NO2. The van der Waals surface area contributed by atoms with E-state index in [4.69, 9.17) is 4.74 Å². The van der Waals surface area contributed by atoms with Crippen LogP contribution in [-0.4, -0.2) is 17.8 Å². The molecular weight excluding hydrogens is 262 g/mol. The lowest BCUT2D eigenvalue weighted by Gasteiger charge is -2.29. The van der Waals surface area contributed by atoms with Crippen LogP contribution in [0.5, 0.6) is 11.5 Å². The molecule has 0 saturated heterocycles. The lowest BCUT2D eigenvalue weighted by atomic mass is 9.94. The van der Waals surface area contributed by atoms with Gasteiger partial charge in [-0.15, -0.1) is 0 Å². The number of hydrogen-bond acceptors (Lipinski definition) is 3. The van der Waals surface area contributed by atoms with Crippen molar-refractivity contribution in [2.75, 3.05) is 6.54 Å². The molecule has 2 aromatic rings. The number of ether oxygens (including phenoxy) is 1. The Kier molecular flexibility index (Phi) is 4.23. The van der Waals surface area contributed by atoms with Crippen LogP contribution in [0.3, 0.4) is 0 Å². The highest BCUT2D eigenvalue weighted by Crippen LogP contribution is 2.42. The van der Waals surface area contributed by atoms with E-state index in [2.05, 4.69) is 17.4 Å². The van der Waals surface area contributed by atoms with Crippen LogP contribution in [-0.2, 0) is 0 Å². The highest BCUT2D eigenvalue weighted by molar-refractivity contribution is 5.52. The topological polar surface area (TPSA) is 41.5 Å².